The molecule has 0 radical (unpaired) electrons. The van der Waals surface area contributed by atoms with E-state index in [9.17, 15) is 22.4 Å². The van der Waals surface area contributed by atoms with E-state index >= 15 is 0 Å². The Hall–Kier alpha value is -1.01. The molecule has 0 spiro atoms. The van der Waals surface area contributed by atoms with Crippen LogP contribution >= 0.6 is 0 Å². The standard InChI is InChI=1S/C8H12F4N2O/c9-6(10)8(11,12)4-13-7(15)14-5-2-1-3-5/h5-6H,1-4H2,(H2,13,14,15). The summed E-state index contributed by atoms with van der Waals surface area (Å²) in [5.74, 6) is -4.17. The maximum atomic E-state index is 12.3. The lowest BCUT2D eigenvalue weighted by Gasteiger charge is -2.26. The first-order valence-corrected chi connectivity index (χ1v) is 4.62. The van der Waals surface area contributed by atoms with E-state index in [1.807, 2.05) is 0 Å². The smallest absolute Gasteiger partial charge is 0.324 e. The second-order valence-corrected chi connectivity index (χ2v) is 3.52. The summed E-state index contributed by atoms with van der Waals surface area (Å²) in [5, 5.41) is 4.12. The summed E-state index contributed by atoms with van der Waals surface area (Å²) in [4.78, 5) is 10.9. The molecule has 7 heteroatoms. The maximum absolute atomic E-state index is 12.3. The van der Waals surface area contributed by atoms with Gasteiger partial charge in [-0.1, -0.05) is 0 Å². The topological polar surface area (TPSA) is 41.1 Å². The summed E-state index contributed by atoms with van der Waals surface area (Å²) in [6, 6.07) is -0.829. The zero-order chi connectivity index (χ0) is 11.5. The van der Waals surface area contributed by atoms with Crippen molar-refractivity contribution in [2.24, 2.45) is 0 Å². The van der Waals surface area contributed by atoms with Gasteiger partial charge in [0.2, 0.25) is 0 Å². The highest BCUT2D eigenvalue weighted by Gasteiger charge is 2.40. The fourth-order valence-corrected chi connectivity index (χ4v) is 1.06. The number of rotatable bonds is 4. The molecule has 1 aliphatic carbocycles. The molecule has 0 aromatic rings. The number of carbonyl (C=O) groups excluding carboxylic acids is 1. The molecule has 3 nitrogen and oxygen atoms in total. The molecule has 0 aromatic carbocycles. The number of halogens is 4. The van der Waals surface area contributed by atoms with Gasteiger partial charge in [0, 0.05) is 6.04 Å². The Morgan fingerprint density at radius 3 is 2.40 bits per heavy atom. The second-order valence-electron chi connectivity index (χ2n) is 3.52. The van der Waals surface area contributed by atoms with Crippen LogP contribution in [-0.4, -0.2) is 31.0 Å². The Bertz CT molecular complexity index is 231. The molecule has 0 aromatic heterocycles. The number of hydrogen-bond donors (Lipinski definition) is 2. The van der Waals surface area contributed by atoms with Crippen LogP contribution in [0, 0.1) is 0 Å². The lowest BCUT2D eigenvalue weighted by Crippen LogP contribution is -2.49. The third kappa shape index (κ3) is 3.56. The zero-order valence-electron chi connectivity index (χ0n) is 7.90. The summed E-state index contributed by atoms with van der Waals surface area (Å²) in [6.45, 7) is -1.34. The van der Waals surface area contributed by atoms with Crippen LogP contribution in [0.15, 0.2) is 0 Å². The molecule has 2 N–H and O–H groups in total. The van der Waals surface area contributed by atoms with Crippen molar-refractivity contribution in [1.82, 2.24) is 10.6 Å². The predicted molar refractivity (Wildman–Crippen MR) is 45.1 cm³/mol. The van der Waals surface area contributed by atoms with Crippen molar-refractivity contribution in [3.8, 4) is 0 Å². The van der Waals surface area contributed by atoms with Crippen molar-refractivity contribution in [2.45, 2.75) is 37.7 Å². The molecule has 0 aliphatic heterocycles. The Morgan fingerprint density at radius 2 is 2.00 bits per heavy atom. The van der Waals surface area contributed by atoms with E-state index in [1.165, 1.54) is 0 Å². The first-order valence-electron chi connectivity index (χ1n) is 4.62. The van der Waals surface area contributed by atoms with Gasteiger partial charge in [0.05, 0.1) is 6.54 Å². The van der Waals surface area contributed by atoms with Gasteiger partial charge in [-0.05, 0) is 19.3 Å². The van der Waals surface area contributed by atoms with Crippen LogP contribution in [0.25, 0.3) is 0 Å². The molecule has 0 atom stereocenters. The number of nitrogens with one attached hydrogen (secondary N) is 2. The number of carbonyl (C=O) groups is 1. The highest BCUT2D eigenvalue weighted by atomic mass is 19.3. The molecule has 0 bridgehead atoms. The van der Waals surface area contributed by atoms with E-state index in [4.69, 9.17) is 0 Å². The Kier molecular flexibility index (Phi) is 3.76. The second kappa shape index (κ2) is 4.67. The molecular weight excluding hydrogens is 216 g/mol. The normalized spacial score (nSPS) is 17.4. The van der Waals surface area contributed by atoms with Crippen molar-refractivity contribution in [3.63, 3.8) is 0 Å². The number of amides is 2. The van der Waals surface area contributed by atoms with Crippen LogP contribution in [0.2, 0.25) is 0 Å². The van der Waals surface area contributed by atoms with E-state index in [1.54, 1.807) is 5.32 Å². The van der Waals surface area contributed by atoms with Gasteiger partial charge in [-0.2, -0.15) is 8.78 Å². The Balaban J connectivity index is 2.20. The largest absolute Gasteiger partial charge is 0.335 e. The van der Waals surface area contributed by atoms with Crippen LogP contribution in [0.3, 0.4) is 0 Å². The van der Waals surface area contributed by atoms with Gasteiger partial charge in [0.1, 0.15) is 0 Å². The van der Waals surface area contributed by atoms with Gasteiger partial charge in [0.15, 0.2) is 0 Å². The summed E-state index contributed by atoms with van der Waals surface area (Å²) in [6.07, 6.45) is -1.17. The maximum Gasteiger partial charge on any atom is 0.324 e. The minimum absolute atomic E-state index is 0.00910. The number of alkyl halides is 4. The minimum Gasteiger partial charge on any atom is -0.335 e. The molecule has 0 saturated heterocycles. The lowest BCUT2D eigenvalue weighted by molar-refractivity contribution is -0.123. The average molecular weight is 228 g/mol. The highest BCUT2D eigenvalue weighted by molar-refractivity contribution is 5.74. The summed E-state index contributed by atoms with van der Waals surface area (Å²) < 4.78 is 48.1. The predicted octanol–water partition coefficient (Wildman–Crippen LogP) is 1.74. The van der Waals surface area contributed by atoms with Crippen molar-refractivity contribution >= 4 is 6.03 Å². The van der Waals surface area contributed by atoms with E-state index in [0.29, 0.717) is 0 Å². The quantitative estimate of drug-likeness (QED) is 0.707. The van der Waals surface area contributed by atoms with Crippen LogP contribution < -0.4 is 10.6 Å². The van der Waals surface area contributed by atoms with Crippen LogP contribution in [0.4, 0.5) is 22.4 Å². The lowest BCUT2D eigenvalue weighted by atomic mass is 9.93. The van der Waals surface area contributed by atoms with Gasteiger partial charge in [-0.15, -0.1) is 0 Å². The first kappa shape index (κ1) is 12.1. The van der Waals surface area contributed by atoms with Crippen LogP contribution in [0.5, 0.6) is 0 Å². The molecule has 15 heavy (non-hydrogen) atoms. The van der Waals surface area contributed by atoms with E-state index in [0.717, 1.165) is 19.3 Å². The summed E-state index contributed by atoms with van der Waals surface area (Å²) in [7, 11) is 0. The average Bonchev–Trinajstić information content (AvgIpc) is 2.08. The van der Waals surface area contributed by atoms with E-state index in [2.05, 4.69) is 5.32 Å². The van der Waals surface area contributed by atoms with Crippen LogP contribution in [0.1, 0.15) is 19.3 Å². The molecule has 1 rings (SSSR count). The first-order chi connectivity index (χ1) is 6.92. The molecule has 0 unspecified atom stereocenters. The molecule has 88 valence electrons. The van der Waals surface area contributed by atoms with Gasteiger partial charge in [0.25, 0.3) is 0 Å². The molecular formula is C8H12F4N2O. The monoisotopic (exact) mass is 228 g/mol. The third-order valence-corrected chi connectivity index (χ3v) is 2.24. The Labute approximate surface area is 84.2 Å². The molecule has 1 fully saturated rings. The third-order valence-electron chi connectivity index (χ3n) is 2.24. The van der Waals surface area contributed by atoms with E-state index < -0.39 is 24.9 Å². The summed E-state index contributed by atoms with van der Waals surface area (Å²) >= 11 is 0. The SMILES string of the molecule is O=C(NCC(F)(F)C(F)F)NC1CCC1. The van der Waals surface area contributed by atoms with Gasteiger partial charge < -0.3 is 10.6 Å². The minimum atomic E-state index is -4.17. The van der Waals surface area contributed by atoms with Gasteiger partial charge >= 0.3 is 18.4 Å². The Morgan fingerprint density at radius 1 is 1.40 bits per heavy atom. The number of urea groups is 1. The van der Waals surface area contributed by atoms with E-state index in [-0.39, 0.29) is 6.04 Å². The molecule has 2 amide bonds. The van der Waals surface area contributed by atoms with Gasteiger partial charge in [-0.3, -0.25) is 0 Å². The zero-order valence-corrected chi connectivity index (χ0v) is 7.90. The van der Waals surface area contributed by atoms with Crippen LogP contribution in [-0.2, 0) is 0 Å². The van der Waals surface area contributed by atoms with Gasteiger partial charge in [-0.25, -0.2) is 13.6 Å². The van der Waals surface area contributed by atoms with Crippen molar-refractivity contribution in [3.05, 3.63) is 0 Å². The fourth-order valence-electron chi connectivity index (χ4n) is 1.06. The molecule has 1 saturated carbocycles. The van der Waals surface area contributed by atoms with Crippen molar-refractivity contribution < 1.29 is 22.4 Å². The van der Waals surface area contributed by atoms with Crippen molar-refractivity contribution in [1.29, 1.82) is 0 Å². The fraction of sp³-hybridized carbons (Fsp3) is 0.875. The number of hydrogen-bond acceptors (Lipinski definition) is 1. The molecule has 1 aliphatic rings. The van der Waals surface area contributed by atoms with Crippen molar-refractivity contribution in [2.75, 3.05) is 6.54 Å². The highest BCUT2D eigenvalue weighted by Crippen LogP contribution is 2.21. The summed E-state index contributed by atoms with van der Waals surface area (Å²) in [5.41, 5.74) is 0. The molecule has 0 heterocycles.